The average molecular weight is 393 g/mol. The van der Waals surface area contributed by atoms with E-state index in [0.29, 0.717) is 22.6 Å². The van der Waals surface area contributed by atoms with Crippen LogP contribution in [-0.4, -0.2) is 30.2 Å². The Morgan fingerprint density at radius 2 is 1.69 bits per heavy atom. The molecule has 0 aliphatic heterocycles. The van der Waals surface area contributed by atoms with Gasteiger partial charge in [-0.1, -0.05) is 42.5 Å². The van der Waals surface area contributed by atoms with Crippen molar-refractivity contribution in [2.75, 3.05) is 19.5 Å². The predicted octanol–water partition coefficient (Wildman–Crippen LogP) is 4.82. The molecule has 0 fully saturated rings. The van der Waals surface area contributed by atoms with Crippen molar-refractivity contribution in [1.29, 1.82) is 0 Å². The highest BCUT2D eigenvalue weighted by Crippen LogP contribution is 2.44. The number of hydrogen-bond donors (Lipinski definition) is 1. The van der Waals surface area contributed by atoms with E-state index in [-0.39, 0.29) is 22.6 Å². The van der Waals surface area contributed by atoms with Crippen molar-refractivity contribution in [3.63, 3.8) is 0 Å². The van der Waals surface area contributed by atoms with Gasteiger partial charge in [0.05, 0.1) is 36.1 Å². The van der Waals surface area contributed by atoms with E-state index in [1.165, 1.54) is 14.2 Å². The second-order valence-electron chi connectivity index (χ2n) is 6.11. The molecule has 0 atom stereocenters. The average Bonchev–Trinajstić information content (AvgIpc) is 2.75. The lowest BCUT2D eigenvalue weighted by atomic mass is 9.97. The number of anilines is 1. The maximum Gasteiger partial charge on any atom is 0.411 e. The summed E-state index contributed by atoms with van der Waals surface area (Å²) < 4.78 is 9.86. The van der Waals surface area contributed by atoms with Gasteiger partial charge in [-0.3, -0.25) is 15.4 Å². The Labute approximate surface area is 167 Å². The van der Waals surface area contributed by atoms with E-state index in [1.54, 1.807) is 55.5 Å². The molecule has 29 heavy (non-hydrogen) atoms. The minimum Gasteiger partial charge on any atom is -0.497 e. The number of aryl methyl sites for hydroxylation is 1. The highest BCUT2D eigenvalue weighted by Gasteiger charge is 2.29. The summed E-state index contributed by atoms with van der Waals surface area (Å²) in [6.07, 6.45) is -0.744. The third-order valence-electron chi connectivity index (χ3n) is 4.37. The Morgan fingerprint density at radius 3 is 2.24 bits per heavy atom. The normalized spacial score (nSPS) is 10.3. The van der Waals surface area contributed by atoms with Crippen molar-refractivity contribution in [1.82, 2.24) is 4.98 Å². The molecule has 1 N–H and O–H groups in total. The van der Waals surface area contributed by atoms with Gasteiger partial charge in [0.15, 0.2) is 0 Å². The number of methoxy groups -OCH3 is 2. The molecule has 0 saturated heterocycles. The van der Waals surface area contributed by atoms with Crippen LogP contribution in [0.15, 0.2) is 54.6 Å². The minimum absolute atomic E-state index is 0.210. The van der Waals surface area contributed by atoms with Gasteiger partial charge in [0.2, 0.25) is 0 Å². The third kappa shape index (κ3) is 4.01. The molecule has 1 heterocycles. The summed E-state index contributed by atoms with van der Waals surface area (Å²) in [4.78, 5) is 28.0. The van der Waals surface area contributed by atoms with Gasteiger partial charge >= 0.3 is 11.8 Å². The number of nitrogens with zero attached hydrogens (tertiary/aromatic N) is 2. The Bertz CT molecular complexity index is 1050. The van der Waals surface area contributed by atoms with Crippen molar-refractivity contribution >= 4 is 17.5 Å². The number of hydrogen-bond acceptors (Lipinski definition) is 6. The number of benzene rings is 2. The maximum absolute atomic E-state index is 12.1. The quantitative estimate of drug-likeness (QED) is 0.492. The summed E-state index contributed by atoms with van der Waals surface area (Å²) in [6.45, 7) is 1.68. The summed E-state index contributed by atoms with van der Waals surface area (Å²) in [5.41, 5.74) is 2.02. The molecule has 0 aliphatic rings. The number of aromatic nitrogens is 1. The molecule has 0 saturated carbocycles. The molecule has 0 unspecified atom stereocenters. The van der Waals surface area contributed by atoms with Gasteiger partial charge < -0.3 is 9.47 Å². The fraction of sp³-hybridized carbons (Fsp3) is 0.143. The van der Waals surface area contributed by atoms with Crippen LogP contribution < -0.4 is 10.1 Å². The molecular formula is C21H19N3O5. The monoisotopic (exact) mass is 393 g/mol. The van der Waals surface area contributed by atoms with Crippen molar-refractivity contribution in [3.8, 4) is 28.1 Å². The lowest BCUT2D eigenvalue weighted by molar-refractivity contribution is -0.383. The Balaban J connectivity index is 2.36. The molecule has 3 rings (SSSR count). The zero-order valence-electron chi connectivity index (χ0n) is 16.1. The van der Waals surface area contributed by atoms with E-state index < -0.39 is 11.0 Å². The van der Waals surface area contributed by atoms with E-state index in [4.69, 9.17) is 4.74 Å². The Morgan fingerprint density at radius 1 is 1.03 bits per heavy atom. The topological polar surface area (TPSA) is 104 Å². The first kappa shape index (κ1) is 19.8. The van der Waals surface area contributed by atoms with E-state index >= 15 is 0 Å². The van der Waals surface area contributed by atoms with Crippen molar-refractivity contribution in [2.45, 2.75) is 6.92 Å². The van der Waals surface area contributed by atoms with Gasteiger partial charge in [0.25, 0.3) is 0 Å². The van der Waals surface area contributed by atoms with Crippen LogP contribution in [0.2, 0.25) is 0 Å². The van der Waals surface area contributed by atoms with Crippen LogP contribution in [-0.2, 0) is 4.74 Å². The fourth-order valence-corrected chi connectivity index (χ4v) is 3.01. The van der Waals surface area contributed by atoms with Crippen LogP contribution >= 0.6 is 0 Å². The number of ether oxygens (including phenoxy) is 2. The van der Waals surface area contributed by atoms with Crippen LogP contribution in [0.5, 0.6) is 5.75 Å². The second kappa shape index (κ2) is 8.39. The van der Waals surface area contributed by atoms with Crippen LogP contribution in [0.1, 0.15) is 5.69 Å². The molecule has 0 radical (unpaired) electrons. The zero-order valence-corrected chi connectivity index (χ0v) is 16.1. The first-order valence-electron chi connectivity index (χ1n) is 8.70. The highest BCUT2D eigenvalue weighted by molar-refractivity contribution is 5.98. The molecule has 0 spiro atoms. The van der Waals surface area contributed by atoms with Gasteiger partial charge in [-0.25, -0.2) is 9.78 Å². The zero-order chi connectivity index (χ0) is 21.0. The molecule has 1 amide bonds. The van der Waals surface area contributed by atoms with Crippen molar-refractivity contribution in [3.05, 3.63) is 70.4 Å². The lowest BCUT2D eigenvalue weighted by Crippen LogP contribution is -2.15. The Hall–Kier alpha value is -3.94. The second-order valence-corrected chi connectivity index (χ2v) is 6.11. The van der Waals surface area contributed by atoms with Crippen LogP contribution in [0.3, 0.4) is 0 Å². The highest BCUT2D eigenvalue weighted by atomic mass is 16.6. The molecule has 0 aliphatic carbocycles. The molecule has 3 aromatic rings. The summed E-state index contributed by atoms with van der Waals surface area (Å²) >= 11 is 0. The largest absolute Gasteiger partial charge is 0.497 e. The van der Waals surface area contributed by atoms with Gasteiger partial charge in [-0.05, 0) is 24.6 Å². The first-order valence-corrected chi connectivity index (χ1v) is 8.70. The number of nitrogens with one attached hydrogen (secondary N) is 1. The summed E-state index contributed by atoms with van der Waals surface area (Å²) in [5.74, 6) is 0.605. The third-order valence-corrected chi connectivity index (χ3v) is 4.37. The Kier molecular flexibility index (Phi) is 5.73. The maximum atomic E-state index is 12.1. The standard InChI is InChI=1S/C21H19N3O5/c1-13-18(23-21(25)29-3)17(14-9-11-16(28-2)12-10-14)20(24(26)27)19(22-13)15-7-5-4-6-8-15/h4-12H,1-3H3,(H,23,25). The van der Waals surface area contributed by atoms with Crippen molar-refractivity contribution < 1.29 is 19.2 Å². The SMILES string of the molecule is COC(=O)Nc1c(C)nc(-c2ccccc2)c([N+](=O)[O-])c1-c1ccc(OC)cc1. The molecule has 0 bridgehead atoms. The van der Waals surface area contributed by atoms with E-state index in [9.17, 15) is 14.9 Å². The van der Waals surface area contributed by atoms with E-state index in [2.05, 4.69) is 15.0 Å². The molecule has 1 aromatic heterocycles. The van der Waals surface area contributed by atoms with Crippen LogP contribution in [0.25, 0.3) is 22.4 Å². The van der Waals surface area contributed by atoms with Gasteiger partial charge in [0, 0.05) is 5.56 Å². The number of nitro groups is 1. The number of amides is 1. The fourth-order valence-electron chi connectivity index (χ4n) is 3.01. The lowest BCUT2D eigenvalue weighted by Gasteiger charge is -2.16. The summed E-state index contributed by atoms with van der Waals surface area (Å²) in [7, 11) is 2.75. The van der Waals surface area contributed by atoms with Gasteiger partial charge in [0.1, 0.15) is 11.4 Å². The number of carbonyl (C=O) groups excluding carboxylic acids is 1. The van der Waals surface area contributed by atoms with Crippen LogP contribution in [0, 0.1) is 17.0 Å². The van der Waals surface area contributed by atoms with Gasteiger partial charge in [-0.15, -0.1) is 0 Å². The van der Waals surface area contributed by atoms with E-state index in [1.807, 2.05) is 6.07 Å². The number of rotatable bonds is 5. The molecule has 8 heteroatoms. The van der Waals surface area contributed by atoms with E-state index in [0.717, 1.165) is 0 Å². The van der Waals surface area contributed by atoms with Crippen molar-refractivity contribution in [2.24, 2.45) is 0 Å². The number of carbonyl (C=O) groups is 1. The summed E-state index contributed by atoms with van der Waals surface area (Å²) in [6, 6.07) is 15.7. The predicted molar refractivity (Wildman–Crippen MR) is 109 cm³/mol. The van der Waals surface area contributed by atoms with Crippen LogP contribution in [0.4, 0.5) is 16.2 Å². The molecule has 148 valence electrons. The smallest absolute Gasteiger partial charge is 0.411 e. The first-order chi connectivity index (χ1) is 14.0. The minimum atomic E-state index is -0.744. The van der Waals surface area contributed by atoms with Gasteiger partial charge in [-0.2, -0.15) is 0 Å². The number of pyridine rings is 1. The molecule has 2 aromatic carbocycles. The summed E-state index contributed by atoms with van der Waals surface area (Å²) in [5, 5.41) is 14.7. The molecule has 8 nitrogen and oxygen atoms in total. The molecular weight excluding hydrogens is 374 g/mol.